The van der Waals surface area contributed by atoms with Gasteiger partial charge in [0, 0.05) is 34.7 Å². The lowest BCUT2D eigenvalue weighted by Gasteiger charge is -2.69. The number of aromatic nitrogens is 2. The lowest BCUT2D eigenvalue weighted by atomic mass is 9.35. The number of rotatable bonds is 1. The van der Waals surface area contributed by atoms with Crippen LogP contribution in [0.3, 0.4) is 0 Å². The van der Waals surface area contributed by atoms with Gasteiger partial charge in [-0.3, -0.25) is 9.59 Å². The first-order valence-electron chi connectivity index (χ1n) is 15.3. The molecular formula is C34H44N4O3. The molecule has 0 radical (unpaired) electrons. The number of carbonyl (C=O) groups is 3. The summed E-state index contributed by atoms with van der Waals surface area (Å²) >= 11 is 0. The van der Waals surface area contributed by atoms with Crippen molar-refractivity contribution in [2.45, 2.75) is 99.0 Å². The number of hydrogen-bond donors (Lipinski definition) is 1. The molecule has 0 saturated heterocycles. The second-order valence-corrected chi connectivity index (χ2v) is 15.8. The number of nitrogens with one attached hydrogen (secondary N) is 1. The fraction of sp³-hybridized carbons (Fsp3) is 0.676. The van der Waals surface area contributed by atoms with Crippen LogP contribution in [0.15, 0.2) is 41.8 Å². The zero-order valence-electron chi connectivity index (χ0n) is 25.6. The van der Waals surface area contributed by atoms with Crippen LogP contribution in [0.2, 0.25) is 0 Å². The fourth-order valence-corrected chi connectivity index (χ4v) is 10.5. The molecule has 0 bridgehead atoms. The Kier molecular flexibility index (Phi) is 5.84. The second-order valence-electron chi connectivity index (χ2n) is 15.8. The molecule has 3 fully saturated rings. The first-order valence-corrected chi connectivity index (χ1v) is 15.3. The minimum atomic E-state index is -0.677. The summed E-state index contributed by atoms with van der Waals surface area (Å²) in [7, 11) is 0. The van der Waals surface area contributed by atoms with Crippen molar-refractivity contribution in [2.75, 3.05) is 0 Å². The van der Waals surface area contributed by atoms with Gasteiger partial charge in [-0.25, -0.2) is 4.79 Å². The third-order valence-electron chi connectivity index (χ3n) is 12.9. The van der Waals surface area contributed by atoms with Crippen LogP contribution in [-0.2, 0) is 9.59 Å². The highest BCUT2D eigenvalue weighted by Crippen LogP contribution is 2.73. The number of fused-ring (bicyclic) bond motifs is 7. The molecule has 41 heavy (non-hydrogen) atoms. The predicted molar refractivity (Wildman–Crippen MR) is 155 cm³/mol. The highest BCUT2D eigenvalue weighted by Gasteiger charge is 2.70. The monoisotopic (exact) mass is 556 g/mol. The van der Waals surface area contributed by atoms with Crippen molar-refractivity contribution in [1.29, 1.82) is 5.26 Å². The van der Waals surface area contributed by atoms with Gasteiger partial charge in [-0.05, 0) is 85.2 Å². The summed E-state index contributed by atoms with van der Waals surface area (Å²) in [5, 5.41) is 17.5. The van der Waals surface area contributed by atoms with E-state index in [9.17, 15) is 19.6 Å². The van der Waals surface area contributed by atoms with E-state index in [1.807, 2.05) is 26.0 Å². The Morgan fingerprint density at radius 1 is 1.05 bits per heavy atom. The van der Waals surface area contributed by atoms with E-state index in [1.165, 1.54) is 4.68 Å². The normalized spacial score (nSPS) is 42.3. The Bertz CT molecular complexity index is 1440. The first kappa shape index (κ1) is 28.1. The minimum Gasteiger partial charge on any atom is -0.330 e. The summed E-state index contributed by atoms with van der Waals surface area (Å²) in [5.74, 6) is -0.134. The molecule has 1 amide bonds. The maximum atomic E-state index is 14.6. The summed E-state index contributed by atoms with van der Waals surface area (Å²) < 4.78 is 1.36. The predicted octanol–water partition coefficient (Wildman–Crippen LogP) is 6.41. The van der Waals surface area contributed by atoms with Gasteiger partial charge in [0.1, 0.15) is 6.07 Å². The number of Topliss-reactive ketones (excluding diaryl/α,β-unsaturated/α-hetero) is 1. The molecule has 3 saturated carbocycles. The fourth-order valence-electron chi connectivity index (χ4n) is 10.5. The van der Waals surface area contributed by atoms with Crippen LogP contribution >= 0.6 is 0 Å². The highest BCUT2D eigenvalue weighted by atomic mass is 16.2. The van der Waals surface area contributed by atoms with Gasteiger partial charge in [-0.1, -0.05) is 60.1 Å². The molecule has 218 valence electrons. The molecule has 5 aliphatic carbocycles. The van der Waals surface area contributed by atoms with Crippen LogP contribution in [0, 0.1) is 56.2 Å². The van der Waals surface area contributed by atoms with E-state index in [2.05, 4.69) is 51.1 Å². The van der Waals surface area contributed by atoms with Gasteiger partial charge in [0.15, 0.2) is 11.6 Å². The summed E-state index contributed by atoms with van der Waals surface area (Å²) in [6.07, 6.45) is 13.2. The van der Waals surface area contributed by atoms with E-state index in [0.29, 0.717) is 0 Å². The molecule has 0 aromatic carbocycles. The minimum absolute atomic E-state index is 0.00625. The zero-order valence-corrected chi connectivity index (χ0v) is 25.6. The number of nitrogens with zero attached hydrogens (tertiary/aromatic N) is 3. The van der Waals surface area contributed by atoms with Crippen LogP contribution in [0.4, 0.5) is 4.79 Å². The standard InChI is InChI=1S/C34H44N4O3/c1-29(2)11-13-34(37-28(41)38-16-8-15-36-38)14-12-33(7)26(22(34)19-29)23(39)17-25-31(5)18-21(20-35)27(40)30(3,4)24(31)9-10-32(25,33)6/h8,15-18,22,24,26H,9-14,19H2,1-7H3,(H,37,41)/t22-,24+,26+,31+,32-,33-,34+/m1/s1. The molecule has 0 aliphatic heterocycles. The molecule has 5 aliphatic rings. The van der Waals surface area contributed by atoms with E-state index >= 15 is 0 Å². The van der Waals surface area contributed by atoms with Gasteiger partial charge in [0.05, 0.1) is 5.57 Å². The number of hydrogen-bond acceptors (Lipinski definition) is 5. The van der Waals surface area contributed by atoms with Crippen LogP contribution in [0.1, 0.15) is 93.4 Å². The van der Waals surface area contributed by atoms with E-state index in [4.69, 9.17) is 0 Å². The van der Waals surface area contributed by atoms with Gasteiger partial charge in [0.25, 0.3) is 0 Å². The SMILES string of the molecule is CC1(C)CC[C@]2(NC(=O)n3cccn3)CC[C@]3(C)[C@H](C(=O)C=C4[C@@]5(C)C=C(C#N)C(=O)C(C)(C)[C@@H]5CC[C@]43C)[C@H]2C1. The van der Waals surface area contributed by atoms with Crippen LogP contribution in [0.5, 0.6) is 0 Å². The van der Waals surface area contributed by atoms with E-state index in [0.717, 1.165) is 50.5 Å². The summed E-state index contributed by atoms with van der Waals surface area (Å²) in [4.78, 5) is 41.2. The van der Waals surface area contributed by atoms with Crippen molar-refractivity contribution in [3.63, 3.8) is 0 Å². The zero-order chi connectivity index (χ0) is 29.8. The molecule has 1 aromatic rings. The molecule has 0 unspecified atom stereocenters. The van der Waals surface area contributed by atoms with Crippen molar-refractivity contribution < 1.29 is 14.4 Å². The second kappa shape index (κ2) is 8.52. The largest absolute Gasteiger partial charge is 0.342 e. The van der Waals surface area contributed by atoms with Gasteiger partial charge in [-0.2, -0.15) is 15.0 Å². The molecule has 1 aromatic heterocycles. The van der Waals surface area contributed by atoms with E-state index in [1.54, 1.807) is 18.5 Å². The number of nitriles is 1. The maximum Gasteiger partial charge on any atom is 0.342 e. The lowest BCUT2D eigenvalue weighted by Crippen LogP contribution is -2.70. The quantitative estimate of drug-likeness (QED) is 0.430. The number of ketones is 2. The van der Waals surface area contributed by atoms with E-state index < -0.39 is 16.4 Å². The maximum absolute atomic E-state index is 14.6. The number of allylic oxidation sites excluding steroid dienone is 4. The molecule has 0 spiro atoms. The number of amides is 1. The molecule has 7 atom stereocenters. The summed E-state index contributed by atoms with van der Waals surface area (Å²) in [6, 6.07) is 3.70. The summed E-state index contributed by atoms with van der Waals surface area (Å²) in [5.41, 5.74) is -0.893. The average Bonchev–Trinajstić information content (AvgIpc) is 3.44. The van der Waals surface area contributed by atoms with Crippen LogP contribution in [-0.4, -0.2) is 32.9 Å². The highest BCUT2D eigenvalue weighted by molar-refractivity contribution is 6.04. The van der Waals surface area contributed by atoms with Gasteiger partial charge in [0.2, 0.25) is 0 Å². The Balaban J connectivity index is 1.48. The topological polar surface area (TPSA) is 105 Å². The van der Waals surface area contributed by atoms with Gasteiger partial charge in [-0.15, -0.1) is 0 Å². The molecule has 7 nitrogen and oxygen atoms in total. The smallest absolute Gasteiger partial charge is 0.330 e. The van der Waals surface area contributed by atoms with Crippen LogP contribution < -0.4 is 5.32 Å². The van der Waals surface area contributed by atoms with Gasteiger partial charge < -0.3 is 5.32 Å². The Hall–Kier alpha value is -3.01. The van der Waals surface area contributed by atoms with Crippen molar-refractivity contribution in [2.24, 2.45) is 44.8 Å². The molecule has 1 heterocycles. The molecular weight excluding hydrogens is 512 g/mol. The van der Waals surface area contributed by atoms with Gasteiger partial charge >= 0.3 is 6.03 Å². The molecule has 6 rings (SSSR count). The Morgan fingerprint density at radius 2 is 1.76 bits per heavy atom. The third kappa shape index (κ3) is 3.61. The molecule has 7 heteroatoms. The van der Waals surface area contributed by atoms with E-state index in [-0.39, 0.29) is 57.2 Å². The first-order chi connectivity index (χ1) is 19.0. The third-order valence-corrected chi connectivity index (χ3v) is 12.9. The lowest BCUT2D eigenvalue weighted by molar-refractivity contribution is -0.160. The van der Waals surface area contributed by atoms with Crippen LogP contribution in [0.25, 0.3) is 0 Å². The summed E-state index contributed by atoms with van der Waals surface area (Å²) in [6.45, 7) is 15.3. The Morgan fingerprint density at radius 3 is 2.41 bits per heavy atom. The van der Waals surface area contributed by atoms with Crippen molar-refractivity contribution in [1.82, 2.24) is 15.1 Å². The van der Waals surface area contributed by atoms with Crippen molar-refractivity contribution in [3.8, 4) is 6.07 Å². The van der Waals surface area contributed by atoms with Crippen molar-refractivity contribution in [3.05, 3.63) is 41.8 Å². The molecule has 1 N–H and O–H groups in total. The Labute approximate surface area is 243 Å². The number of carbonyl (C=O) groups excluding carboxylic acids is 3. The van der Waals surface area contributed by atoms with Crippen molar-refractivity contribution >= 4 is 17.6 Å². The average molecular weight is 557 g/mol.